The van der Waals surface area contributed by atoms with Gasteiger partial charge in [0.05, 0.1) is 45.2 Å². The van der Waals surface area contributed by atoms with E-state index in [1.54, 1.807) is 0 Å². The molecule has 5 heteroatoms. The van der Waals surface area contributed by atoms with Crippen molar-refractivity contribution in [1.29, 1.82) is 0 Å². The van der Waals surface area contributed by atoms with Crippen LogP contribution in [0.15, 0.2) is 176 Å². The molecule has 1 aliphatic carbocycles. The number of aromatic nitrogens is 1. The van der Waals surface area contributed by atoms with Crippen LogP contribution in [0.1, 0.15) is 58.2 Å². The molecule has 5 nitrogen and oxygen atoms in total. The average Bonchev–Trinajstić information content (AvgIpc) is 3.64. The first-order valence-corrected chi connectivity index (χ1v) is 20.5. The van der Waals surface area contributed by atoms with Crippen LogP contribution in [-0.2, 0) is 58.3 Å². The summed E-state index contributed by atoms with van der Waals surface area (Å²) in [6.45, 7) is 5.44. The number of hydrogen-bond donors (Lipinski definition) is 0. The number of fused-ring (bicyclic) bond motifs is 1. The minimum atomic E-state index is -0.384. The predicted molar refractivity (Wildman–Crippen MR) is 229 cm³/mol. The molecule has 5 atom stereocenters. The van der Waals surface area contributed by atoms with Crippen LogP contribution >= 0.6 is 0 Å². The molecule has 290 valence electrons. The van der Waals surface area contributed by atoms with E-state index in [0.717, 1.165) is 41.6 Å². The maximum Gasteiger partial charge on any atom is 0.111 e. The molecule has 0 radical (unpaired) electrons. The highest BCUT2D eigenvalue weighted by atomic mass is 16.6. The van der Waals surface area contributed by atoms with Gasteiger partial charge in [0, 0.05) is 35.5 Å². The number of aryl methyl sites for hydroxylation is 1. The van der Waals surface area contributed by atoms with Gasteiger partial charge < -0.3 is 23.5 Å². The highest BCUT2D eigenvalue weighted by Crippen LogP contribution is 2.45. The number of nitrogens with zero attached hydrogens (tertiary/aromatic N) is 1. The topological polar surface area (TPSA) is 41.9 Å². The summed E-state index contributed by atoms with van der Waals surface area (Å²) in [5, 5.41) is 1.25. The second kappa shape index (κ2) is 19.2. The van der Waals surface area contributed by atoms with Crippen LogP contribution in [0.3, 0.4) is 0 Å². The van der Waals surface area contributed by atoms with Crippen LogP contribution < -0.4 is 0 Å². The Labute approximate surface area is 337 Å². The van der Waals surface area contributed by atoms with Crippen LogP contribution in [0.25, 0.3) is 10.9 Å². The molecule has 1 aliphatic rings. The molecule has 1 aromatic heterocycles. The van der Waals surface area contributed by atoms with E-state index in [-0.39, 0.29) is 30.1 Å². The summed E-state index contributed by atoms with van der Waals surface area (Å²) in [5.41, 5.74) is 9.66. The molecule has 0 aliphatic heterocycles. The smallest absolute Gasteiger partial charge is 0.111 e. The van der Waals surface area contributed by atoms with Crippen molar-refractivity contribution in [3.8, 4) is 0 Å². The number of hydrogen-bond acceptors (Lipinski definition) is 4. The monoisotopic (exact) mass is 755 g/mol. The van der Waals surface area contributed by atoms with E-state index in [1.165, 1.54) is 27.6 Å². The van der Waals surface area contributed by atoms with E-state index in [1.807, 2.05) is 18.2 Å². The van der Waals surface area contributed by atoms with Crippen molar-refractivity contribution in [2.75, 3.05) is 6.61 Å². The lowest BCUT2D eigenvalue weighted by Crippen LogP contribution is -2.54. The first-order chi connectivity index (χ1) is 28.2. The minimum Gasteiger partial charge on any atom is -0.376 e. The molecule has 1 fully saturated rings. The molecule has 0 amide bonds. The van der Waals surface area contributed by atoms with Crippen molar-refractivity contribution < 1.29 is 18.9 Å². The largest absolute Gasteiger partial charge is 0.376 e. The molecule has 1 saturated carbocycles. The van der Waals surface area contributed by atoms with E-state index in [2.05, 4.69) is 169 Å². The normalized spacial score (nSPS) is 19.5. The Hall–Kier alpha value is -5.30. The quantitative estimate of drug-likeness (QED) is 0.0928. The molecule has 57 heavy (non-hydrogen) atoms. The average molecular weight is 756 g/mol. The summed E-state index contributed by atoms with van der Waals surface area (Å²) < 4.78 is 30.4. The second-order valence-corrected chi connectivity index (χ2v) is 15.3. The Balaban J connectivity index is 1.20. The summed E-state index contributed by atoms with van der Waals surface area (Å²) in [6, 6.07) is 59.6. The lowest BCUT2D eigenvalue weighted by molar-refractivity contribution is -0.201. The zero-order valence-electron chi connectivity index (χ0n) is 32.9. The summed E-state index contributed by atoms with van der Waals surface area (Å²) in [4.78, 5) is 0. The minimum absolute atomic E-state index is 0.00463. The zero-order valence-corrected chi connectivity index (χ0v) is 32.9. The number of para-hydroxylation sites is 1. The molecular formula is C52H53NO4. The predicted octanol–water partition coefficient (Wildman–Crippen LogP) is 11.3. The Morgan fingerprint density at radius 3 is 1.51 bits per heavy atom. The van der Waals surface area contributed by atoms with Crippen LogP contribution in [-0.4, -0.2) is 29.5 Å². The van der Waals surface area contributed by atoms with E-state index in [0.29, 0.717) is 33.0 Å². The third kappa shape index (κ3) is 9.81. The van der Waals surface area contributed by atoms with Crippen molar-refractivity contribution in [2.24, 2.45) is 5.92 Å². The number of benzene rings is 6. The first-order valence-electron chi connectivity index (χ1n) is 20.5. The summed E-state index contributed by atoms with van der Waals surface area (Å²) >= 11 is 0. The molecule has 0 spiro atoms. The molecule has 1 heterocycles. The summed E-state index contributed by atoms with van der Waals surface area (Å²) in [6.07, 6.45) is 3.25. The Kier molecular flexibility index (Phi) is 13.0. The van der Waals surface area contributed by atoms with Crippen LogP contribution in [0.2, 0.25) is 0 Å². The highest BCUT2D eigenvalue weighted by molar-refractivity contribution is 5.84. The number of rotatable bonds is 17. The molecule has 0 saturated heterocycles. The van der Waals surface area contributed by atoms with E-state index in [4.69, 9.17) is 18.9 Å². The van der Waals surface area contributed by atoms with Gasteiger partial charge >= 0.3 is 0 Å². The fourth-order valence-corrected chi connectivity index (χ4v) is 8.36. The summed E-state index contributed by atoms with van der Waals surface area (Å²) in [5.74, 6) is 0.0356. The van der Waals surface area contributed by atoms with Crippen molar-refractivity contribution in [2.45, 2.75) is 77.0 Å². The third-order valence-corrected chi connectivity index (χ3v) is 11.4. The van der Waals surface area contributed by atoms with Gasteiger partial charge in [0.25, 0.3) is 0 Å². The first kappa shape index (κ1) is 38.6. The Morgan fingerprint density at radius 2 is 0.947 bits per heavy atom. The van der Waals surface area contributed by atoms with Crippen molar-refractivity contribution >= 4 is 10.9 Å². The van der Waals surface area contributed by atoms with Gasteiger partial charge in [-0.05, 0) is 57.9 Å². The fraction of sp³-hybridized carbons (Fsp3) is 0.269. The number of ether oxygens (including phenoxy) is 4. The molecule has 6 aromatic carbocycles. The Morgan fingerprint density at radius 1 is 0.474 bits per heavy atom. The van der Waals surface area contributed by atoms with Gasteiger partial charge in [-0.15, -0.1) is 0 Å². The molecule has 0 bridgehead atoms. The lowest BCUT2D eigenvalue weighted by Gasteiger charge is -2.46. The van der Waals surface area contributed by atoms with Gasteiger partial charge in [0.1, 0.15) is 6.10 Å². The van der Waals surface area contributed by atoms with E-state index >= 15 is 0 Å². The molecule has 7 aromatic rings. The van der Waals surface area contributed by atoms with Gasteiger partial charge in [-0.2, -0.15) is 0 Å². The Bertz CT molecular complexity index is 2240. The van der Waals surface area contributed by atoms with E-state index < -0.39 is 0 Å². The van der Waals surface area contributed by atoms with Gasteiger partial charge in [0.15, 0.2) is 0 Å². The van der Waals surface area contributed by atoms with Gasteiger partial charge in [-0.1, -0.05) is 171 Å². The van der Waals surface area contributed by atoms with Gasteiger partial charge in [0.2, 0.25) is 0 Å². The van der Waals surface area contributed by atoms with Crippen LogP contribution in [0, 0.1) is 5.92 Å². The van der Waals surface area contributed by atoms with E-state index in [9.17, 15) is 0 Å². The highest BCUT2D eigenvalue weighted by Gasteiger charge is 2.48. The lowest BCUT2D eigenvalue weighted by atomic mass is 9.72. The zero-order chi connectivity index (χ0) is 38.7. The van der Waals surface area contributed by atoms with Crippen molar-refractivity contribution in [3.63, 3.8) is 0 Å². The fourth-order valence-electron chi connectivity index (χ4n) is 8.36. The standard InChI is InChI=1S/C52H53NO4/c1-2-39-27-29-40(30-28-39)32-53-33-48(46-25-15-16-26-49(46)53)47-31-45(38-54-34-41-17-7-3-8-18-41)50(55-35-42-19-9-4-10-20-42)52(57-37-44-23-13-6-14-24-44)51(47)56-36-43-21-11-5-12-22-43/h3-30,33,45,47,50-52H,2,31-32,34-38H2,1H3/t45-,47+,50-,51+,52+/m1/s1. The molecule has 0 unspecified atom stereocenters. The SMILES string of the molecule is CCc1ccc(Cn2cc([C@@H]3C[C@H](COCc4ccccc4)[C@@H](OCc4ccccc4)[C@H](OCc4ccccc4)[C@H]3OCc3ccccc3)c3ccccc32)cc1. The van der Waals surface area contributed by atoms with Gasteiger partial charge in [-0.25, -0.2) is 0 Å². The molecular weight excluding hydrogens is 703 g/mol. The maximum absolute atomic E-state index is 7.19. The maximum atomic E-state index is 7.19. The summed E-state index contributed by atoms with van der Waals surface area (Å²) in [7, 11) is 0. The van der Waals surface area contributed by atoms with Crippen molar-refractivity contribution in [1.82, 2.24) is 4.57 Å². The van der Waals surface area contributed by atoms with Crippen molar-refractivity contribution in [3.05, 3.63) is 215 Å². The molecule has 0 N–H and O–H groups in total. The van der Waals surface area contributed by atoms with Crippen LogP contribution in [0.5, 0.6) is 0 Å². The third-order valence-electron chi connectivity index (χ3n) is 11.4. The second-order valence-electron chi connectivity index (χ2n) is 15.3. The van der Waals surface area contributed by atoms with Gasteiger partial charge in [-0.3, -0.25) is 0 Å². The molecule has 8 rings (SSSR count). The van der Waals surface area contributed by atoms with Crippen LogP contribution in [0.4, 0.5) is 0 Å².